The lowest BCUT2D eigenvalue weighted by molar-refractivity contribution is -0.140. The minimum Gasteiger partial charge on any atom is -0.342 e. The molecule has 1 spiro atoms. The highest BCUT2D eigenvalue weighted by Crippen LogP contribution is 2.36. The lowest BCUT2D eigenvalue weighted by atomic mass is 9.95. The van der Waals surface area contributed by atoms with E-state index in [1.165, 1.54) is 6.42 Å². The molecule has 1 N–H and O–H groups in total. The Hall–Kier alpha value is -1.06. The zero-order valence-electron chi connectivity index (χ0n) is 11.8. The molecule has 0 aromatic heterocycles. The van der Waals surface area contributed by atoms with Gasteiger partial charge in [0.15, 0.2) is 0 Å². The van der Waals surface area contributed by atoms with Crippen molar-refractivity contribution in [1.82, 2.24) is 10.2 Å². The van der Waals surface area contributed by atoms with Gasteiger partial charge in [0.1, 0.15) is 5.54 Å². The predicted octanol–water partition coefficient (Wildman–Crippen LogP) is 1.84. The topological polar surface area (TPSA) is 49.4 Å². The fourth-order valence-electron chi connectivity index (χ4n) is 4.11. The minimum absolute atomic E-state index is 0.0591. The van der Waals surface area contributed by atoms with Crippen LogP contribution in [0, 0.1) is 5.92 Å². The fraction of sp³-hybridized carbons (Fsp3) is 0.867. The van der Waals surface area contributed by atoms with Gasteiger partial charge in [-0.25, -0.2) is 0 Å². The van der Waals surface area contributed by atoms with E-state index < -0.39 is 5.54 Å². The highest BCUT2D eigenvalue weighted by Gasteiger charge is 2.48. The van der Waals surface area contributed by atoms with Crippen LogP contribution >= 0.6 is 0 Å². The Bertz CT molecular complexity index is 388. The van der Waals surface area contributed by atoms with Gasteiger partial charge in [0, 0.05) is 19.0 Å². The average Bonchev–Trinajstić information content (AvgIpc) is 2.97. The molecular weight excluding hydrogens is 240 g/mol. The zero-order valence-corrected chi connectivity index (χ0v) is 11.8. The van der Waals surface area contributed by atoms with Crippen LogP contribution < -0.4 is 5.32 Å². The van der Waals surface area contributed by atoms with E-state index in [1.54, 1.807) is 0 Å². The molecule has 1 saturated heterocycles. The molecule has 2 saturated carbocycles. The zero-order chi connectivity index (χ0) is 13.5. The molecule has 4 nitrogen and oxygen atoms in total. The summed E-state index contributed by atoms with van der Waals surface area (Å²) in [6.07, 6.45) is 7.67. The van der Waals surface area contributed by atoms with Gasteiger partial charge >= 0.3 is 0 Å². The van der Waals surface area contributed by atoms with Crippen molar-refractivity contribution in [3.05, 3.63) is 0 Å². The van der Waals surface area contributed by atoms with Crippen molar-refractivity contribution in [2.75, 3.05) is 6.54 Å². The third-order valence-electron chi connectivity index (χ3n) is 5.19. The smallest absolute Gasteiger partial charge is 0.248 e. The molecule has 1 aliphatic heterocycles. The Morgan fingerprint density at radius 2 is 1.95 bits per heavy atom. The Labute approximate surface area is 114 Å². The molecule has 0 aromatic rings. The summed E-state index contributed by atoms with van der Waals surface area (Å²) in [5.41, 5.74) is -0.556. The van der Waals surface area contributed by atoms with Gasteiger partial charge in [-0.1, -0.05) is 19.8 Å². The third kappa shape index (κ3) is 2.26. The van der Waals surface area contributed by atoms with E-state index in [0.29, 0.717) is 24.9 Å². The molecule has 0 aromatic carbocycles. The van der Waals surface area contributed by atoms with Gasteiger partial charge < -0.3 is 10.2 Å². The summed E-state index contributed by atoms with van der Waals surface area (Å²) < 4.78 is 0. The van der Waals surface area contributed by atoms with Gasteiger partial charge in [0.25, 0.3) is 0 Å². The normalized spacial score (nSPS) is 34.7. The second kappa shape index (κ2) is 4.80. The second-order valence-electron chi connectivity index (χ2n) is 6.66. The highest BCUT2D eigenvalue weighted by atomic mass is 16.2. The first kappa shape index (κ1) is 12.9. The summed E-state index contributed by atoms with van der Waals surface area (Å²) in [5, 5.41) is 3.04. The van der Waals surface area contributed by atoms with Gasteiger partial charge in [-0.05, 0) is 38.0 Å². The number of amides is 2. The Balaban J connectivity index is 1.83. The summed E-state index contributed by atoms with van der Waals surface area (Å²) in [5.74, 6) is 0.975. The van der Waals surface area contributed by atoms with Crippen molar-refractivity contribution in [2.24, 2.45) is 5.92 Å². The molecule has 19 heavy (non-hydrogen) atoms. The first-order valence-corrected chi connectivity index (χ1v) is 7.73. The van der Waals surface area contributed by atoms with Gasteiger partial charge in [-0.3, -0.25) is 9.59 Å². The van der Waals surface area contributed by atoms with Crippen molar-refractivity contribution in [3.63, 3.8) is 0 Å². The maximum atomic E-state index is 12.9. The van der Waals surface area contributed by atoms with Crippen molar-refractivity contribution in [2.45, 2.75) is 69.9 Å². The largest absolute Gasteiger partial charge is 0.342 e. The molecule has 0 bridgehead atoms. The second-order valence-corrected chi connectivity index (χ2v) is 6.66. The number of nitrogens with zero attached hydrogens (tertiary/aromatic N) is 1. The van der Waals surface area contributed by atoms with E-state index in [0.717, 1.165) is 38.5 Å². The standard InChI is InChI=1S/C15H24N2O2/c1-11-4-5-12(10-11)17-9-6-13(18)16-15(14(17)19)7-2-3-8-15/h11-12H,2-10H2,1H3,(H,16,18). The van der Waals surface area contributed by atoms with Gasteiger partial charge in [-0.2, -0.15) is 0 Å². The first-order chi connectivity index (χ1) is 9.11. The number of carbonyl (C=O) groups is 2. The summed E-state index contributed by atoms with van der Waals surface area (Å²) in [6.45, 7) is 2.88. The van der Waals surface area contributed by atoms with E-state index in [1.807, 2.05) is 4.90 Å². The molecule has 2 amide bonds. The molecule has 3 rings (SSSR count). The quantitative estimate of drug-likeness (QED) is 0.785. The number of hydrogen-bond donors (Lipinski definition) is 1. The molecule has 2 aliphatic carbocycles. The van der Waals surface area contributed by atoms with Crippen molar-refractivity contribution < 1.29 is 9.59 Å². The fourth-order valence-corrected chi connectivity index (χ4v) is 4.11. The summed E-state index contributed by atoms with van der Waals surface area (Å²) in [7, 11) is 0. The van der Waals surface area contributed by atoms with Crippen LogP contribution in [0.3, 0.4) is 0 Å². The lowest BCUT2D eigenvalue weighted by Gasteiger charge is -2.35. The van der Waals surface area contributed by atoms with Crippen LogP contribution in [0.2, 0.25) is 0 Å². The van der Waals surface area contributed by atoms with Crippen LogP contribution in [0.1, 0.15) is 58.3 Å². The molecule has 4 heteroatoms. The highest BCUT2D eigenvalue weighted by molar-refractivity contribution is 5.94. The molecule has 2 unspecified atom stereocenters. The van der Waals surface area contributed by atoms with Crippen molar-refractivity contribution >= 4 is 11.8 Å². The molecule has 3 aliphatic rings. The molecule has 106 valence electrons. The van der Waals surface area contributed by atoms with Crippen molar-refractivity contribution in [1.29, 1.82) is 0 Å². The van der Waals surface area contributed by atoms with E-state index in [-0.39, 0.29) is 11.8 Å². The van der Waals surface area contributed by atoms with E-state index in [4.69, 9.17) is 0 Å². The van der Waals surface area contributed by atoms with Gasteiger partial charge in [-0.15, -0.1) is 0 Å². The molecule has 2 atom stereocenters. The van der Waals surface area contributed by atoms with Gasteiger partial charge in [0.2, 0.25) is 11.8 Å². The summed E-state index contributed by atoms with van der Waals surface area (Å²) >= 11 is 0. The van der Waals surface area contributed by atoms with E-state index in [2.05, 4.69) is 12.2 Å². The molecular formula is C15H24N2O2. The maximum absolute atomic E-state index is 12.9. The van der Waals surface area contributed by atoms with Crippen LogP contribution in [-0.4, -0.2) is 34.8 Å². The minimum atomic E-state index is -0.556. The number of carbonyl (C=O) groups excluding carboxylic acids is 2. The number of hydrogen-bond acceptors (Lipinski definition) is 2. The van der Waals surface area contributed by atoms with E-state index in [9.17, 15) is 9.59 Å². The first-order valence-electron chi connectivity index (χ1n) is 7.73. The Morgan fingerprint density at radius 1 is 1.21 bits per heavy atom. The van der Waals surface area contributed by atoms with Crippen LogP contribution in [0.5, 0.6) is 0 Å². The van der Waals surface area contributed by atoms with Crippen LogP contribution in [-0.2, 0) is 9.59 Å². The maximum Gasteiger partial charge on any atom is 0.248 e. The number of rotatable bonds is 1. The van der Waals surface area contributed by atoms with Crippen LogP contribution in [0.4, 0.5) is 0 Å². The summed E-state index contributed by atoms with van der Waals surface area (Å²) in [6, 6.07) is 0.368. The Kier molecular flexibility index (Phi) is 3.27. The van der Waals surface area contributed by atoms with Crippen LogP contribution in [0.15, 0.2) is 0 Å². The average molecular weight is 264 g/mol. The molecule has 1 heterocycles. The summed E-state index contributed by atoms with van der Waals surface area (Å²) in [4.78, 5) is 26.9. The number of nitrogens with one attached hydrogen (secondary N) is 1. The predicted molar refractivity (Wildman–Crippen MR) is 72.5 cm³/mol. The van der Waals surface area contributed by atoms with E-state index >= 15 is 0 Å². The lowest BCUT2D eigenvalue weighted by Crippen LogP contribution is -2.57. The SMILES string of the molecule is CC1CCC(N2CCC(=O)NC3(CCCC3)C2=O)C1. The third-order valence-corrected chi connectivity index (χ3v) is 5.19. The van der Waals surface area contributed by atoms with Crippen LogP contribution in [0.25, 0.3) is 0 Å². The molecule has 3 fully saturated rings. The Morgan fingerprint density at radius 3 is 2.58 bits per heavy atom. The monoisotopic (exact) mass is 264 g/mol. The van der Waals surface area contributed by atoms with Crippen molar-refractivity contribution in [3.8, 4) is 0 Å². The molecule has 0 radical (unpaired) electrons. The van der Waals surface area contributed by atoms with Gasteiger partial charge in [0.05, 0.1) is 0 Å².